The summed E-state index contributed by atoms with van der Waals surface area (Å²) in [4.78, 5) is 11.3. The van der Waals surface area contributed by atoms with Crippen molar-refractivity contribution in [3.05, 3.63) is 209 Å². The van der Waals surface area contributed by atoms with E-state index in [1.165, 1.54) is 77.2 Å². The summed E-state index contributed by atoms with van der Waals surface area (Å²) in [6, 6.07) is 65.0. The normalized spacial score (nSPS) is 14.8. The highest BCUT2D eigenvalue weighted by molar-refractivity contribution is 6.13. The molecule has 3 aliphatic rings. The Hall–Kier alpha value is -7.10. The van der Waals surface area contributed by atoms with Crippen LogP contribution in [-0.2, 0) is 10.8 Å². The van der Waals surface area contributed by atoms with Crippen molar-refractivity contribution in [1.82, 2.24) is 14.5 Å². The molecule has 3 aliphatic carbocycles. The van der Waals surface area contributed by atoms with Gasteiger partial charge < -0.3 is 0 Å². The van der Waals surface area contributed by atoms with Gasteiger partial charge in [0.2, 0.25) is 5.95 Å². The molecule has 0 saturated heterocycles. The molecule has 13 rings (SSSR count). The van der Waals surface area contributed by atoms with Crippen LogP contribution in [0.4, 0.5) is 0 Å². The minimum atomic E-state index is -0.392. The fourth-order valence-corrected chi connectivity index (χ4v) is 11.0. The van der Waals surface area contributed by atoms with Crippen molar-refractivity contribution in [3.63, 3.8) is 0 Å². The molecule has 3 heteroatoms. The van der Waals surface area contributed by atoms with Crippen LogP contribution in [0.1, 0.15) is 47.4 Å². The molecule has 3 nitrogen and oxygen atoms in total. The second-order valence-corrected chi connectivity index (χ2v) is 16.5. The molecule has 266 valence electrons. The molecule has 8 aromatic carbocycles. The van der Waals surface area contributed by atoms with Crippen LogP contribution in [0.25, 0.3) is 83.2 Å². The van der Waals surface area contributed by atoms with Gasteiger partial charge in [0.05, 0.1) is 27.8 Å². The highest BCUT2D eigenvalue weighted by atomic mass is 15.2. The first-order valence-electron chi connectivity index (χ1n) is 19.9. The lowest BCUT2D eigenvalue weighted by Crippen LogP contribution is -2.25. The van der Waals surface area contributed by atoms with E-state index in [-0.39, 0.29) is 5.41 Å². The lowest BCUT2D eigenvalue weighted by Gasteiger charge is -2.30. The molecule has 0 amide bonds. The smallest absolute Gasteiger partial charge is 0.235 e. The van der Waals surface area contributed by atoms with E-state index in [2.05, 4.69) is 194 Å². The molecule has 0 unspecified atom stereocenters. The number of para-hydroxylation sites is 1. The molecule has 2 aromatic heterocycles. The number of nitrogens with zero attached hydrogens (tertiary/aromatic N) is 3. The van der Waals surface area contributed by atoms with E-state index in [0.717, 1.165) is 33.5 Å². The SMILES string of the molecule is CC1(C)c2ccccc2-c2c(-c3ccc4c(c3)-c3ccccc3C43c4ccccc4-c4ccccc43)nc(-n3c4ccccc4c4cc5ccccc5cc43)nc21. The van der Waals surface area contributed by atoms with E-state index in [9.17, 15) is 0 Å². The van der Waals surface area contributed by atoms with Crippen molar-refractivity contribution in [2.24, 2.45) is 0 Å². The summed E-state index contributed by atoms with van der Waals surface area (Å²) in [5.74, 6) is 0.696. The van der Waals surface area contributed by atoms with E-state index in [1.807, 2.05) is 0 Å². The Morgan fingerprint density at radius 2 is 0.965 bits per heavy atom. The molecule has 0 fully saturated rings. The number of benzene rings is 8. The quantitative estimate of drug-likeness (QED) is 0.178. The van der Waals surface area contributed by atoms with Crippen LogP contribution in [0.2, 0.25) is 0 Å². The van der Waals surface area contributed by atoms with Crippen molar-refractivity contribution in [1.29, 1.82) is 0 Å². The van der Waals surface area contributed by atoms with E-state index in [0.29, 0.717) is 5.95 Å². The average molecular weight is 726 g/mol. The van der Waals surface area contributed by atoms with Crippen molar-refractivity contribution >= 4 is 32.6 Å². The van der Waals surface area contributed by atoms with E-state index in [4.69, 9.17) is 9.97 Å². The van der Waals surface area contributed by atoms with Gasteiger partial charge in [-0.2, -0.15) is 0 Å². The third-order valence-electron chi connectivity index (χ3n) is 13.4. The van der Waals surface area contributed by atoms with Crippen molar-refractivity contribution in [2.45, 2.75) is 24.7 Å². The Bertz CT molecular complexity index is 3350. The van der Waals surface area contributed by atoms with Crippen LogP contribution in [0.5, 0.6) is 0 Å². The maximum Gasteiger partial charge on any atom is 0.235 e. The summed E-state index contributed by atoms with van der Waals surface area (Å²) in [5.41, 5.74) is 18.8. The number of rotatable bonds is 2. The zero-order valence-electron chi connectivity index (χ0n) is 31.6. The second kappa shape index (κ2) is 10.8. The van der Waals surface area contributed by atoms with Gasteiger partial charge in [-0.25, -0.2) is 9.97 Å². The predicted molar refractivity (Wildman–Crippen MR) is 233 cm³/mol. The minimum Gasteiger partial charge on any atom is -0.278 e. The van der Waals surface area contributed by atoms with Crippen LogP contribution < -0.4 is 0 Å². The summed E-state index contributed by atoms with van der Waals surface area (Å²) >= 11 is 0. The van der Waals surface area contributed by atoms with Crippen molar-refractivity contribution < 1.29 is 0 Å². The minimum absolute atomic E-state index is 0.325. The molecule has 57 heavy (non-hydrogen) atoms. The van der Waals surface area contributed by atoms with Crippen LogP contribution in [-0.4, -0.2) is 14.5 Å². The molecular weight excluding hydrogens is 691 g/mol. The summed E-state index contributed by atoms with van der Waals surface area (Å²) in [7, 11) is 0. The van der Waals surface area contributed by atoms with Crippen molar-refractivity contribution in [2.75, 3.05) is 0 Å². The molecule has 0 radical (unpaired) electrons. The largest absolute Gasteiger partial charge is 0.278 e. The lowest BCUT2D eigenvalue weighted by molar-refractivity contribution is 0.632. The van der Waals surface area contributed by atoms with Gasteiger partial charge in [-0.15, -0.1) is 0 Å². The fraction of sp³-hybridized carbons (Fsp3) is 0.0741. The van der Waals surface area contributed by atoms with Gasteiger partial charge in [0.1, 0.15) is 0 Å². The Balaban J connectivity index is 1.12. The fourth-order valence-electron chi connectivity index (χ4n) is 11.0. The monoisotopic (exact) mass is 725 g/mol. The maximum atomic E-state index is 5.70. The van der Waals surface area contributed by atoms with E-state index in [1.54, 1.807) is 0 Å². The highest BCUT2D eigenvalue weighted by Crippen LogP contribution is 2.63. The standard InChI is InChI=1S/C54H35N3/c1-53(2)42-22-10-8-21-39(42)49-50(55-52(56-51(49)53)57-47-26-14-9-20-38(47)41-29-32-15-3-4-16-33(32)31-48(41)57)34-27-28-46-40(30-34)37-19-7-13-25-45(37)54(46)43-23-11-5-17-35(43)36-18-6-12-24-44(36)54/h3-31H,1-2H3. The first-order valence-corrected chi connectivity index (χ1v) is 19.9. The zero-order valence-corrected chi connectivity index (χ0v) is 31.6. The van der Waals surface area contributed by atoms with Gasteiger partial charge in [-0.3, -0.25) is 4.57 Å². The third-order valence-corrected chi connectivity index (χ3v) is 13.4. The highest BCUT2D eigenvalue weighted by Gasteiger charge is 2.51. The van der Waals surface area contributed by atoms with Crippen LogP contribution in [0.3, 0.4) is 0 Å². The Morgan fingerprint density at radius 1 is 0.421 bits per heavy atom. The zero-order chi connectivity index (χ0) is 37.6. The first kappa shape index (κ1) is 31.1. The van der Waals surface area contributed by atoms with Gasteiger partial charge in [-0.05, 0) is 90.7 Å². The number of fused-ring (bicyclic) bond motifs is 17. The van der Waals surface area contributed by atoms with Gasteiger partial charge in [0.25, 0.3) is 0 Å². The average Bonchev–Trinajstić information content (AvgIpc) is 3.92. The van der Waals surface area contributed by atoms with E-state index >= 15 is 0 Å². The third kappa shape index (κ3) is 3.82. The second-order valence-electron chi connectivity index (χ2n) is 16.5. The molecule has 2 heterocycles. The van der Waals surface area contributed by atoms with Gasteiger partial charge in [-0.1, -0.05) is 166 Å². The van der Waals surface area contributed by atoms with Gasteiger partial charge in [0.15, 0.2) is 0 Å². The summed E-state index contributed by atoms with van der Waals surface area (Å²) in [5, 5.41) is 4.82. The molecule has 0 bridgehead atoms. The molecule has 10 aromatic rings. The Kier molecular flexibility index (Phi) is 5.90. The predicted octanol–water partition coefficient (Wildman–Crippen LogP) is 13.0. The van der Waals surface area contributed by atoms with Crippen LogP contribution in [0, 0.1) is 0 Å². The Labute approximate surface area is 330 Å². The number of hydrogen-bond donors (Lipinski definition) is 0. The summed E-state index contributed by atoms with van der Waals surface area (Å²) in [6.45, 7) is 4.63. The maximum absolute atomic E-state index is 5.70. The molecule has 0 N–H and O–H groups in total. The lowest BCUT2D eigenvalue weighted by atomic mass is 9.70. The molecular formula is C54H35N3. The first-order chi connectivity index (χ1) is 28.0. The Morgan fingerprint density at radius 3 is 1.67 bits per heavy atom. The van der Waals surface area contributed by atoms with Crippen LogP contribution in [0.15, 0.2) is 176 Å². The van der Waals surface area contributed by atoms with Gasteiger partial charge in [0, 0.05) is 27.3 Å². The topological polar surface area (TPSA) is 30.7 Å². The number of hydrogen-bond acceptors (Lipinski definition) is 2. The number of aromatic nitrogens is 3. The summed E-state index contributed by atoms with van der Waals surface area (Å²) < 4.78 is 2.30. The van der Waals surface area contributed by atoms with Gasteiger partial charge >= 0.3 is 0 Å². The van der Waals surface area contributed by atoms with E-state index < -0.39 is 5.41 Å². The summed E-state index contributed by atoms with van der Waals surface area (Å²) in [6.07, 6.45) is 0. The van der Waals surface area contributed by atoms with Crippen molar-refractivity contribution in [3.8, 4) is 50.6 Å². The molecule has 0 saturated carbocycles. The van der Waals surface area contributed by atoms with Crippen LogP contribution >= 0.6 is 0 Å². The molecule has 0 aliphatic heterocycles. The molecule has 1 spiro atoms. The molecule has 0 atom stereocenters.